The van der Waals surface area contributed by atoms with E-state index in [1.165, 1.54) is 18.4 Å². The number of hydroxylamine groups is 2. The molecule has 1 aromatic carbocycles. The van der Waals surface area contributed by atoms with Gasteiger partial charge < -0.3 is 0 Å². The van der Waals surface area contributed by atoms with E-state index in [9.17, 15) is 0 Å². The van der Waals surface area contributed by atoms with Gasteiger partial charge in [-0.1, -0.05) is 45.9 Å². The molecule has 1 saturated carbocycles. The summed E-state index contributed by atoms with van der Waals surface area (Å²) in [7, 11) is 2.12. The molecule has 1 saturated heterocycles. The van der Waals surface area contributed by atoms with Gasteiger partial charge in [-0.05, 0) is 67.6 Å². The van der Waals surface area contributed by atoms with Crippen molar-refractivity contribution >= 4 is 0 Å². The van der Waals surface area contributed by atoms with Crippen LogP contribution in [0, 0.1) is 11.8 Å². The Hall–Kier alpha value is -0.860. The van der Waals surface area contributed by atoms with Crippen molar-refractivity contribution in [1.29, 1.82) is 0 Å². The standard InChI is InChI=1S/C22H35NO/c1-8-16-10-11-18(17(9-2)12-16)22(6)13-15(3)20-19(14-22)21(4,5)24-23(20)7/h10-12,15,19-20H,8-9,13-14H2,1-7H3. The Morgan fingerprint density at radius 3 is 2.46 bits per heavy atom. The minimum Gasteiger partial charge on any atom is -0.293 e. The van der Waals surface area contributed by atoms with Crippen LogP contribution in [0.2, 0.25) is 0 Å². The van der Waals surface area contributed by atoms with Crippen LogP contribution in [0.1, 0.15) is 71.1 Å². The SMILES string of the molecule is CCc1ccc(C2(C)CC(C)C3C(C2)C(C)(C)ON3C)c(CC)c1. The molecular weight excluding hydrogens is 294 g/mol. The van der Waals surface area contributed by atoms with Crippen molar-refractivity contribution in [3.63, 3.8) is 0 Å². The Bertz CT molecular complexity index is 608. The lowest BCUT2D eigenvalue weighted by atomic mass is 9.58. The van der Waals surface area contributed by atoms with Crippen LogP contribution in [0.5, 0.6) is 0 Å². The van der Waals surface area contributed by atoms with E-state index in [1.54, 1.807) is 11.1 Å². The molecule has 24 heavy (non-hydrogen) atoms. The van der Waals surface area contributed by atoms with Gasteiger partial charge in [-0.25, -0.2) is 0 Å². The molecule has 0 radical (unpaired) electrons. The molecule has 0 spiro atoms. The van der Waals surface area contributed by atoms with E-state index in [4.69, 9.17) is 4.84 Å². The van der Waals surface area contributed by atoms with E-state index in [1.807, 2.05) is 0 Å². The van der Waals surface area contributed by atoms with Gasteiger partial charge >= 0.3 is 0 Å². The second kappa shape index (κ2) is 6.14. The number of rotatable bonds is 3. The number of hydrogen-bond donors (Lipinski definition) is 0. The largest absolute Gasteiger partial charge is 0.293 e. The monoisotopic (exact) mass is 329 g/mol. The van der Waals surface area contributed by atoms with Gasteiger partial charge in [0.05, 0.1) is 5.60 Å². The lowest BCUT2D eigenvalue weighted by molar-refractivity contribution is -0.182. The zero-order valence-electron chi connectivity index (χ0n) is 16.6. The Balaban J connectivity index is 2.00. The average molecular weight is 330 g/mol. The minimum atomic E-state index is -0.0644. The van der Waals surface area contributed by atoms with Gasteiger partial charge in [0.2, 0.25) is 0 Å². The van der Waals surface area contributed by atoms with Crippen LogP contribution in [-0.2, 0) is 23.1 Å². The summed E-state index contributed by atoms with van der Waals surface area (Å²) in [6, 6.07) is 7.77. The van der Waals surface area contributed by atoms with Crippen molar-refractivity contribution in [2.24, 2.45) is 11.8 Å². The highest BCUT2D eigenvalue weighted by atomic mass is 16.7. The first kappa shape index (κ1) is 17.9. The predicted octanol–water partition coefficient (Wildman–Crippen LogP) is 5.14. The van der Waals surface area contributed by atoms with Gasteiger partial charge in [0, 0.05) is 19.0 Å². The number of aryl methyl sites for hydroxylation is 2. The molecule has 2 aliphatic rings. The third-order valence-electron chi connectivity index (χ3n) is 6.74. The molecule has 3 rings (SSSR count). The van der Waals surface area contributed by atoms with Crippen molar-refractivity contribution in [2.45, 2.75) is 84.3 Å². The van der Waals surface area contributed by atoms with Gasteiger partial charge in [-0.2, -0.15) is 5.06 Å². The first-order valence-electron chi connectivity index (χ1n) is 9.76. The third-order valence-corrected chi connectivity index (χ3v) is 6.74. The molecule has 0 amide bonds. The highest BCUT2D eigenvalue weighted by molar-refractivity contribution is 5.38. The highest BCUT2D eigenvalue weighted by Gasteiger charge is 2.55. The van der Waals surface area contributed by atoms with Crippen LogP contribution in [0.15, 0.2) is 18.2 Å². The molecule has 1 aliphatic carbocycles. The average Bonchev–Trinajstić information content (AvgIpc) is 2.75. The van der Waals surface area contributed by atoms with Crippen molar-refractivity contribution in [3.8, 4) is 0 Å². The Kier molecular flexibility index (Phi) is 4.59. The van der Waals surface area contributed by atoms with Gasteiger partial charge in [-0.15, -0.1) is 0 Å². The van der Waals surface area contributed by atoms with Crippen molar-refractivity contribution < 1.29 is 4.84 Å². The molecule has 4 atom stereocenters. The van der Waals surface area contributed by atoms with Crippen molar-refractivity contribution in [3.05, 3.63) is 34.9 Å². The summed E-state index contributed by atoms with van der Waals surface area (Å²) in [5, 5.41) is 2.15. The molecule has 0 N–H and O–H groups in total. The van der Waals surface area contributed by atoms with Crippen molar-refractivity contribution in [2.75, 3.05) is 7.05 Å². The molecule has 2 heteroatoms. The maximum atomic E-state index is 6.22. The van der Waals surface area contributed by atoms with Gasteiger partial charge in [-0.3, -0.25) is 4.84 Å². The molecule has 0 bridgehead atoms. The molecule has 4 unspecified atom stereocenters. The molecule has 0 aromatic heterocycles. The fourth-order valence-corrected chi connectivity index (χ4v) is 5.65. The lowest BCUT2D eigenvalue weighted by Gasteiger charge is -2.47. The summed E-state index contributed by atoms with van der Waals surface area (Å²) >= 11 is 0. The number of benzene rings is 1. The lowest BCUT2D eigenvalue weighted by Crippen LogP contribution is -2.48. The van der Waals surface area contributed by atoms with E-state index >= 15 is 0 Å². The second-order valence-corrected chi connectivity index (χ2v) is 8.98. The number of hydrogen-bond acceptors (Lipinski definition) is 2. The first-order chi connectivity index (χ1) is 11.2. The summed E-state index contributed by atoms with van der Waals surface area (Å²) in [4.78, 5) is 6.22. The molecule has 1 aromatic rings. The van der Waals surface area contributed by atoms with Crippen LogP contribution in [0.4, 0.5) is 0 Å². The summed E-state index contributed by atoms with van der Waals surface area (Å²) in [6.45, 7) is 14.0. The van der Waals surface area contributed by atoms with Crippen LogP contribution < -0.4 is 0 Å². The normalized spacial score (nSPS) is 35.9. The number of fused-ring (bicyclic) bond motifs is 1. The molecule has 2 fully saturated rings. The van der Waals surface area contributed by atoms with E-state index in [0.29, 0.717) is 17.9 Å². The Morgan fingerprint density at radius 1 is 1.12 bits per heavy atom. The second-order valence-electron chi connectivity index (χ2n) is 8.98. The molecular formula is C22H35NO. The van der Waals surface area contributed by atoms with Gasteiger partial charge in [0.1, 0.15) is 0 Å². The summed E-state index contributed by atoms with van der Waals surface area (Å²) in [5.74, 6) is 1.24. The molecule has 2 nitrogen and oxygen atoms in total. The maximum Gasteiger partial charge on any atom is 0.0887 e. The van der Waals surface area contributed by atoms with Crippen LogP contribution in [-0.4, -0.2) is 23.8 Å². The van der Waals surface area contributed by atoms with Crippen LogP contribution in [0.3, 0.4) is 0 Å². The van der Waals surface area contributed by atoms with Crippen molar-refractivity contribution in [1.82, 2.24) is 5.06 Å². The Morgan fingerprint density at radius 2 is 1.83 bits per heavy atom. The maximum absolute atomic E-state index is 6.22. The van der Waals surface area contributed by atoms with Gasteiger partial charge in [0.25, 0.3) is 0 Å². The summed E-state index contributed by atoms with van der Waals surface area (Å²) in [6.07, 6.45) is 4.71. The third kappa shape index (κ3) is 2.82. The predicted molar refractivity (Wildman–Crippen MR) is 101 cm³/mol. The molecule has 1 aliphatic heterocycles. The fourth-order valence-electron chi connectivity index (χ4n) is 5.65. The molecule has 134 valence electrons. The first-order valence-corrected chi connectivity index (χ1v) is 9.76. The quantitative estimate of drug-likeness (QED) is 0.761. The van der Waals surface area contributed by atoms with Crippen LogP contribution >= 0.6 is 0 Å². The van der Waals surface area contributed by atoms with Crippen LogP contribution in [0.25, 0.3) is 0 Å². The fraction of sp³-hybridized carbons (Fsp3) is 0.727. The van der Waals surface area contributed by atoms with E-state index in [0.717, 1.165) is 12.8 Å². The highest BCUT2D eigenvalue weighted by Crippen LogP contribution is 2.53. The Labute approximate surface area is 148 Å². The zero-order chi connectivity index (χ0) is 17.7. The number of nitrogens with zero attached hydrogens (tertiary/aromatic N) is 1. The topological polar surface area (TPSA) is 12.5 Å². The van der Waals surface area contributed by atoms with Gasteiger partial charge in [0.15, 0.2) is 0 Å². The zero-order valence-corrected chi connectivity index (χ0v) is 16.6. The van der Waals surface area contributed by atoms with E-state index < -0.39 is 0 Å². The summed E-state index contributed by atoms with van der Waals surface area (Å²) < 4.78 is 0. The van der Waals surface area contributed by atoms with E-state index in [2.05, 4.69) is 71.9 Å². The van der Waals surface area contributed by atoms with E-state index in [-0.39, 0.29) is 11.0 Å². The minimum absolute atomic E-state index is 0.0644. The summed E-state index contributed by atoms with van der Waals surface area (Å²) in [5.41, 5.74) is 4.78. The molecule has 1 heterocycles. The smallest absolute Gasteiger partial charge is 0.0887 e.